The average Bonchev–Trinajstić information content (AvgIpc) is 3.23. The SMILES string of the molecule is Cc1cc(NC(=O)c2ccc(S(C)(=O)=O)cc2)n(-c2nc3ccc(F)cc3s2)n1. The number of amides is 1. The molecule has 0 unspecified atom stereocenters. The van der Waals surface area contributed by atoms with E-state index in [1.165, 1.54) is 52.4 Å². The fraction of sp³-hybridized carbons (Fsp3) is 0.105. The molecule has 0 aliphatic rings. The number of rotatable bonds is 4. The van der Waals surface area contributed by atoms with Crippen LogP contribution in [0.25, 0.3) is 15.3 Å². The van der Waals surface area contributed by atoms with Crippen molar-refractivity contribution in [2.24, 2.45) is 0 Å². The molecule has 4 aromatic rings. The Balaban J connectivity index is 1.65. The molecule has 0 radical (unpaired) electrons. The van der Waals surface area contributed by atoms with Crippen molar-refractivity contribution in [3.63, 3.8) is 0 Å². The number of carbonyl (C=O) groups is 1. The van der Waals surface area contributed by atoms with E-state index in [2.05, 4.69) is 15.4 Å². The normalized spacial score (nSPS) is 11.7. The molecule has 0 saturated heterocycles. The number of aryl methyl sites for hydroxylation is 1. The van der Waals surface area contributed by atoms with Crippen LogP contribution in [0.2, 0.25) is 0 Å². The number of anilines is 1. The minimum absolute atomic E-state index is 0.136. The zero-order valence-electron chi connectivity index (χ0n) is 15.4. The molecule has 2 heterocycles. The highest BCUT2D eigenvalue weighted by atomic mass is 32.2. The molecule has 4 rings (SSSR count). The molecule has 0 fully saturated rings. The number of hydrogen-bond acceptors (Lipinski definition) is 6. The second-order valence-corrected chi connectivity index (χ2v) is 9.47. The molecule has 0 aliphatic heterocycles. The molecule has 7 nitrogen and oxygen atoms in total. The van der Waals surface area contributed by atoms with E-state index in [1.54, 1.807) is 19.1 Å². The molecule has 0 bridgehead atoms. The minimum atomic E-state index is -3.34. The Kier molecular flexibility index (Phi) is 4.67. The summed E-state index contributed by atoms with van der Waals surface area (Å²) in [6.07, 6.45) is 1.10. The van der Waals surface area contributed by atoms with Crippen LogP contribution in [0.4, 0.5) is 10.2 Å². The third kappa shape index (κ3) is 3.89. The highest BCUT2D eigenvalue weighted by Gasteiger charge is 2.16. The van der Waals surface area contributed by atoms with E-state index in [9.17, 15) is 17.6 Å². The lowest BCUT2D eigenvalue weighted by Gasteiger charge is -2.07. The standard InChI is InChI=1S/C19H15FN4O3S2/c1-11-9-17(22-18(25)12-3-6-14(7-4-12)29(2,26)27)24(23-11)19-21-15-8-5-13(20)10-16(15)28-19/h3-10H,1-2H3,(H,22,25). The van der Waals surface area contributed by atoms with Gasteiger partial charge in [-0.1, -0.05) is 11.3 Å². The maximum absolute atomic E-state index is 13.5. The van der Waals surface area contributed by atoms with E-state index in [0.717, 1.165) is 6.26 Å². The minimum Gasteiger partial charge on any atom is -0.306 e. The van der Waals surface area contributed by atoms with E-state index in [-0.39, 0.29) is 10.7 Å². The van der Waals surface area contributed by atoms with Crippen LogP contribution >= 0.6 is 11.3 Å². The molecule has 2 aromatic heterocycles. The second kappa shape index (κ2) is 7.05. The van der Waals surface area contributed by atoms with Crippen LogP contribution in [0.1, 0.15) is 16.1 Å². The molecule has 0 atom stereocenters. The molecular formula is C19H15FN4O3S2. The van der Waals surface area contributed by atoms with E-state index in [4.69, 9.17) is 0 Å². The largest absolute Gasteiger partial charge is 0.306 e. The molecular weight excluding hydrogens is 415 g/mol. The van der Waals surface area contributed by atoms with Crippen LogP contribution in [0.3, 0.4) is 0 Å². The third-order valence-electron chi connectivity index (χ3n) is 4.14. The first-order valence-corrected chi connectivity index (χ1v) is 11.2. The van der Waals surface area contributed by atoms with Gasteiger partial charge in [0.2, 0.25) is 5.13 Å². The first-order valence-electron chi connectivity index (χ1n) is 8.45. The third-order valence-corrected chi connectivity index (χ3v) is 6.26. The Morgan fingerprint density at radius 3 is 2.55 bits per heavy atom. The molecule has 1 amide bonds. The highest BCUT2D eigenvalue weighted by molar-refractivity contribution is 7.90. The topological polar surface area (TPSA) is 94.0 Å². The van der Waals surface area contributed by atoms with Crippen molar-refractivity contribution in [3.8, 4) is 5.13 Å². The summed E-state index contributed by atoms with van der Waals surface area (Å²) in [6.45, 7) is 1.78. The van der Waals surface area contributed by atoms with Gasteiger partial charge in [-0.15, -0.1) is 0 Å². The van der Waals surface area contributed by atoms with Crippen LogP contribution in [-0.4, -0.2) is 35.3 Å². The van der Waals surface area contributed by atoms with E-state index in [1.807, 2.05) is 0 Å². The molecule has 10 heteroatoms. The van der Waals surface area contributed by atoms with Gasteiger partial charge in [-0.25, -0.2) is 17.8 Å². The molecule has 2 aromatic carbocycles. The summed E-state index contributed by atoms with van der Waals surface area (Å²) >= 11 is 1.25. The summed E-state index contributed by atoms with van der Waals surface area (Å²) in [6, 6.07) is 11.7. The lowest BCUT2D eigenvalue weighted by atomic mass is 10.2. The number of nitrogens with zero attached hydrogens (tertiary/aromatic N) is 3. The average molecular weight is 430 g/mol. The predicted molar refractivity (Wildman–Crippen MR) is 109 cm³/mol. The van der Waals surface area contributed by atoms with Gasteiger partial charge in [-0.3, -0.25) is 4.79 Å². The zero-order valence-corrected chi connectivity index (χ0v) is 17.0. The van der Waals surface area contributed by atoms with Crippen molar-refractivity contribution in [3.05, 3.63) is 65.6 Å². The molecule has 0 spiro atoms. The number of hydrogen-bond donors (Lipinski definition) is 1. The number of halogens is 1. The van der Waals surface area contributed by atoms with Gasteiger partial charge in [0.05, 0.1) is 20.8 Å². The Bertz CT molecular complexity index is 1340. The summed E-state index contributed by atoms with van der Waals surface area (Å²) in [7, 11) is -3.34. The van der Waals surface area contributed by atoms with Crippen LogP contribution in [0.15, 0.2) is 53.4 Å². The lowest BCUT2D eigenvalue weighted by molar-refractivity contribution is 0.102. The smallest absolute Gasteiger partial charge is 0.256 e. The Labute approximate surface area is 169 Å². The van der Waals surface area contributed by atoms with Crippen LogP contribution in [0.5, 0.6) is 0 Å². The van der Waals surface area contributed by atoms with E-state index in [0.29, 0.717) is 32.4 Å². The molecule has 29 heavy (non-hydrogen) atoms. The van der Waals surface area contributed by atoms with Gasteiger partial charge in [0.15, 0.2) is 9.84 Å². The van der Waals surface area contributed by atoms with Crippen molar-refractivity contribution in [1.29, 1.82) is 0 Å². The zero-order chi connectivity index (χ0) is 20.8. The Morgan fingerprint density at radius 1 is 1.14 bits per heavy atom. The Hall–Kier alpha value is -3.11. The van der Waals surface area contributed by atoms with Crippen molar-refractivity contribution >= 4 is 43.1 Å². The predicted octanol–water partition coefficient (Wildman–Crippen LogP) is 3.59. The number of thiazole rings is 1. The van der Waals surface area contributed by atoms with Crippen LogP contribution in [-0.2, 0) is 9.84 Å². The summed E-state index contributed by atoms with van der Waals surface area (Å²) in [5.74, 6) is -0.368. The van der Waals surface area contributed by atoms with Gasteiger partial charge in [0.25, 0.3) is 5.91 Å². The number of aromatic nitrogens is 3. The molecule has 0 aliphatic carbocycles. The van der Waals surface area contributed by atoms with Gasteiger partial charge in [0, 0.05) is 17.9 Å². The molecule has 1 N–H and O–H groups in total. The van der Waals surface area contributed by atoms with Gasteiger partial charge in [-0.05, 0) is 49.4 Å². The highest BCUT2D eigenvalue weighted by Crippen LogP contribution is 2.28. The van der Waals surface area contributed by atoms with Crippen LogP contribution < -0.4 is 5.32 Å². The fourth-order valence-electron chi connectivity index (χ4n) is 2.75. The van der Waals surface area contributed by atoms with Gasteiger partial charge in [0.1, 0.15) is 11.6 Å². The summed E-state index contributed by atoms with van der Waals surface area (Å²) in [5, 5.41) is 7.62. The molecule has 0 saturated carbocycles. The number of fused-ring (bicyclic) bond motifs is 1. The maximum Gasteiger partial charge on any atom is 0.256 e. The first kappa shape index (κ1) is 19.2. The van der Waals surface area contributed by atoms with E-state index >= 15 is 0 Å². The second-order valence-electron chi connectivity index (χ2n) is 6.44. The Morgan fingerprint density at radius 2 is 1.86 bits per heavy atom. The molecule has 148 valence electrons. The fourth-order valence-corrected chi connectivity index (χ4v) is 4.34. The van der Waals surface area contributed by atoms with Gasteiger partial charge < -0.3 is 5.32 Å². The maximum atomic E-state index is 13.5. The summed E-state index contributed by atoms with van der Waals surface area (Å²) in [5.41, 5.74) is 1.60. The number of carbonyl (C=O) groups excluding carboxylic acids is 1. The number of benzene rings is 2. The quantitative estimate of drug-likeness (QED) is 0.534. The van der Waals surface area contributed by atoms with Crippen molar-refractivity contribution in [2.75, 3.05) is 11.6 Å². The lowest BCUT2D eigenvalue weighted by Crippen LogP contribution is -2.15. The summed E-state index contributed by atoms with van der Waals surface area (Å²) in [4.78, 5) is 17.2. The van der Waals surface area contributed by atoms with Crippen molar-refractivity contribution in [2.45, 2.75) is 11.8 Å². The summed E-state index contributed by atoms with van der Waals surface area (Å²) < 4.78 is 38.7. The van der Waals surface area contributed by atoms with E-state index < -0.39 is 15.7 Å². The monoisotopic (exact) mass is 430 g/mol. The van der Waals surface area contributed by atoms with Gasteiger partial charge in [-0.2, -0.15) is 9.78 Å². The number of nitrogens with one attached hydrogen (secondary N) is 1. The van der Waals surface area contributed by atoms with Crippen molar-refractivity contribution < 1.29 is 17.6 Å². The number of sulfone groups is 1. The van der Waals surface area contributed by atoms with Crippen molar-refractivity contribution in [1.82, 2.24) is 14.8 Å². The van der Waals surface area contributed by atoms with Gasteiger partial charge >= 0.3 is 0 Å². The van der Waals surface area contributed by atoms with Crippen LogP contribution in [0, 0.1) is 12.7 Å². The first-order chi connectivity index (χ1) is 13.7.